The average Bonchev–Trinajstić information content (AvgIpc) is 3.19. The zero-order valence-electron chi connectivity index (χ0n) is 17.3. The lowest BCUT2D eigenvalue weighted by molar-refractivity contribution is 0.205. The summed E-state index contributed by atoms with van der Waals surface area (Å²) in [4.78, 5) is 6.18. The normalized spacial score (nSPS) is 18.5. The van der Waals surface area contributed by atoms with Crippen LogP contribution in [0.2, 0.25) is 0 Å². The number of hydrogen-bond donors (Lipinski definition) is 1. The summed E-state index contributed by atoms with van der Waals surface area (Å²) >= 11 is 0. The standard InChI is InChI=1S/C24H27FN2O2.H2O/c1-17-5-2-3-6-19(17)13-18-8-9-23(20(14-18)16-28)27-12-10-21(15-27)29-24-22(25)7-4-11-26-24;/h4-9,11,14,21,28H,2-3,10,12-13,15-16H2,1H3;1H2/t21-;/m0./s1. The Morgan fingerprint density at radius 3 is 2.83 bits per heavy atom. The van der Waals surface area contributed by atoms with Crippen LogP contribution in [0, 0.1) is 5.82 Å². The van der Waals surface area contributed by atoms with Crippen LogP contribution in [0.4, 0.5) is 10.1 Å². The third kappa shape index (κ3) is 4.89. The molecule has 0 amide bonds. The van der Waals surface area contributed by atoms with Crippen LogP contribution < -0.4 is 9.64 Å². The van der Waals surface area contributed by atoms with Crippen molar-refractivity contribution >= 4 is 5.69 Å². The van der Waals surface area contributed by atoms with Crippen LogP contribution in [0.3, 0.4) is 0 Å². The Balaban J connectivity index is 0.00000256. The fourth-order valence-electron chi connectivity index (χ4n) is 4.12. The summed E-state index contributed by atoms with van der Waals surface area (Å²) < 4.78 is 19.6. The molecule has 0 bridgehead atoms. The van der Waals surface area contributed by atoms with Crippen molar-refractivity contribution in [1.29, 1.82) is 0 Å². The minimum atomic E-state index is -0.437. The number of rotatable bonds is 6. The highest BCUT2D eigenvalue weighted by Gasteiger charge is 2.27. The Labute approximate surface area is 176 Å². The maximum atomic E-state index is 13.8. The van der Waals surface area contributed by atoms with Gasteiger partial charge < -0.3 is 20.2 Å². The van der Waals surface area contributed by atoms with E-state index in [1.54, 1.807) is 6.07 Å². The SMILES string of the molecule is CC1=CCCC=C1Cc1ccc(N2CC[C@H](Oc3ncccc3F)C2)c(CO)c1.O. The van der Waals surface area contributed by atoms with E-state index in [0.29, 0.717) is 6.54 Å². The molecule has 2 aliphatic rings. The van der Waals surface area contributed by atoms with Gasteiger partial charge in [0.05, 0.1) is 13.2 Å². The number of ether oxygens (including phenoxy) is 1. The van der Waals surface area contributed by atoms with Crippen LogP contribution >= 0.6 is 0 Å². The Morgan fingerprint density at radius 2 is 2.07 bits per heavy atom. The molecule has 1 aliphatic heterocycles. The number of anilines is 1. The molecule has 1 aromatic carbocycles. The van der Waals surface area contributed by atoms with E-state index in [4.69, 9.17) is 4.74 Å². The number of halogens is 1. The van der Waals surface area contributed by atoms with Gasteiger partial charge in [-0.1, -0.05) is 29.9 Å². The predicted molar refractivity (Wildman–Crippen MR) is 116 cm³/mol. The molecule has 0 saturated carbocycles. The predicted octanol–water partition coefficient (Wildman–Crippen LogP) is 3.76. The Kier molecular flexibility index (Phi) is 7.24. The lowest BCUT2D eigenvalue weighted by Crippen LogP contribution is -2.26. The number of pyridine rings is 1. The maximum Gasteiger partial charge on any atom is 0.250 e. The zero-order valence-corrected chi connectivity index (χ0v) is 17.3. The largest absolute Gasteiger partial charge is 0.470 e. The molecule has 0 unspecified atom stereocenters. The third-order valence-corrected chi connectivity index (χ3v) is 5.71. The lowest BCUT2D eigenvalue weighted by atomic mass is 9.92. The number of aliphatic hydroxyl groups excluding tert-OH is 1. The van der Waals surface area contributed by atoms with Crippen molar-refractivity contribution in [1.82, 2.24) is 4.98 Å². The summed E-state index contributed by atoms with van der Waals surface area (Å²) in [6.45, 7) is 3.61. The molecule has 0 spiro atoms. The van der Waals surface area contributed by atoms with Gasteiger partial charge in [-0.3, -0.25) is 0 Å². The highest BCUT2D eigenvalue weighted by atomic mass is 19.1. The Morgan fingerprint density at radius 1 is 1.23 bits per heavy atom. The quantitative estimate of drug-likeness (QED) is 0.784. The van der Waals surface area contributed by atoms with E-state index in [1.165, 1.54) is 29.0 Å². The molecule has 1 aromatic heterocycles. The highest BCUT2D eigenvalue weighted by Crippen LogP contribution is 2.30. The van der Waals surface area contributed by atoms with Gasteiger partial charge in [-0.2, -0.15) is 0 Å². The summed E-state index contributed by atoms with van der Waals surface area (Å²) in [6, 6.07) is 9.25. The van der Waals surface area contributed by atoms with Gasteiger partial charge in [0, 0.05) is 30.4 Å². The van der Waals surface area contributed by atoms with Crippen LogP contribution in [0.5, 0.6) is 5.88 Å². The molecule has 1 atom stereocenters. The second-order valence-electron chi connectivity index (χ2n) is 7.76. The van der Waals surface area contributed by atoms with Gasteiger partial charge in [0.2, 0.25) is 0 Å². The molecule has 1 fully saturated rings. The minimum Gasteiger partial charge on any atom is -0.470 e. The number of aromatic nitrogens is 1. The molecule has 1 saturated heterocycles. The van der Waals surface area contributed by atoms with E-state index in [9.17, 15) is 9.50 Å². The molecule has 3 N–H and O–H groups in total. The van der Waals surface area contributed by atoms with Crippen molar-refractivity contribution in [3.05, 3.63) is 76.8 Å². The first-order valence-corrected chi connectivity index (χ1v) is 10.2. The van der Waals surface area contributed by atoms with E-state index in [1.807, 2.05) is 0 Å². The smallest absolute Gasteiger partial charge is 0.250 e. The minimum absolute atomic E-state index is 0. The average molecular weight is 413 g/mol. The number of aliphatic hydroxyl groups is 1. The van der Waals surface area contributed by atoms with Crippen molar-refractivity contribution in [3.8, 4) is 5.88 Å². The van der Waals surface area contributed by atoms with Gasteiger partial charge in [0.1, 0.15) is 6.10 Å². The lowest BCUT2D eigenvalue weighted by Gasteiger charge is -2.23. The molecule has 6 heteroatoms. The van der Waals surface area contributed by atoms with E-state index in [-0.39, 0.29) is 24.1 Å². The summed E-state index contributed by atoms with van der Waals surface area (Å²) in [7, 11) is 0. The van der Waals surface area contributed by atoms with E-state index < -0.39 is 5.82 Å². The highest BCUT2D eigenvalue weighted by molar-refractivity contribution is 5.56. The first-order chi connectivity index (χ1) is 14.1. The fourth-order valence-corrected chi connectivity index (χ4v) is 4.12. The van der Waals surface area contributed by atoms with Crippen molar-refractivity contribution < 1.29 is 19.7 Å². The number of allylic oxidation sites excluding steroid dienone is 4. The second kappa shape index (κ2) is 9.87. The maximum absolute atomic E-state index is 13.8. The van der Waals surface area contributed by atoms with Crippen molar-refractivity contribution in [3.63, 3.8) is 0 Å². The topological polar surface area (TPSA) is 77.1 Å². The fraction of sp³-hybridized carbons (Fsp3) is 0.375. The van der Waals surface area contributed by atoms with Crippen LogP contribution in [0.25, 0.3) is 0 Å². The van der Waals surface area contributed by atoms with Crippen LogP contribution in [-0.2, 0) is 13.0 Å². The number of nitrogens with zero attached hydrogens (tertiary/aromatic N) is 2. The van der Waals surface area contributed by atoms with Crippen LogP contribution in [-0.4, -0.2) is 34.8 Å². The Hall–Kier alpha value is -2.70. The van der Waals surface area contributed by atoms with Crippen molar-refractivity contribution in [2.24, 2.45) is 0 Å². The summed E-state index contributed by atoms with van der Waals surface area (Å²) in [5.41, 5.74) is 5.88. The molecule has 2 aromatic rings. The molecular weight excluding hydrogens is 383 g/mol. The van der Waals surface area contributed by atoms with E-state index in [2.05, 4.69) is 47.2 Å². The van der Waals surface area contributed by atoms with Gasteiger partial charge in [0.15, 0.2) is 5.82 Å². The van der Waals surface area contributed by atoms with Crippen molar-refractivity contribution in [2.75, 3.05) is 18.0 Å². The molecular formula is C24H29FN2O3. The number of benzene rings is 1. The monoisotopic (exact) mass is 412 g/mol. The summed E-state index contributed by atoms with van der Waals surface area (Å²) in [6.07, 6.45) is 9.94. The summed E-state index contributed by atoms with van der Waals surface area (Å²) in [5.74, 6) is -0.381. The van der Waals surface area contributed by atoms with Gasteiger partial charge in [-0.15, -0.1) is 0 Å². The molecule has 0 radical (unpaired) electrons. The van der Waals surface area contributed by atoms with Gasteiger partial charge >= 0.3 is 0 Å². The number of hydrogen-bond acceptors (Lipinski definition) is 4. The van der Waals surface area contributed by atoms with Crippen LogP contribution in [0.1, 0.15) is 37.3 Å². The van der Waals surface area contributed by atoms with E-state index in [0.717, 1.165) is 43.5 Å². The van der Waals surface area contributed by atoms with Crippen LogP contribution in [0.15, 0.2) is 59.8 Å². The van der Waals surface area contributed by atoms with Crippen molar-refractivity contribution in [2.45, 2.75) is 45.3 Å². The molecule has 5 nitrogen and oxygen atoms in total. The Bertz CT molecular complexity index is 942. The van der Waals surface area contributed by atoms with Gasteiger partial charge in [0.25, 0.3) is 5.88 Å². The zero-order chi connectivity index (χ0) is 20.2. The molecule has 2 heterocycles. The first-order valence-electron chi connectivity index (χ1n) is 10.2. The van der Waals surface area contributed by atoms with Gasteiger partial charge in [-0.05, 0) is 55.5 Å². The second-order valence-corrected chi connectivity index (χ2v) is 7.76. The molecule has 30 heavy (non-hydrogen) atoms. The van der Waals surface area contributed by atoms with E-state index >= 15 is 0 Å². The van der Waals surface area contributed by atoms with Gasteiger partial charge in [-0.25, -0.2) is 9.37 Å². The molecule has 1 aliphatic carbocycles. The molecule has 160 valence electrons. The first kappa shape index (κ1) is 22.0. The molecule has 4 rings (SSSR count). The third-order valence-electron chi connectivity index (χ3n) is 5.71. The summed E-state index contributed by atoms with van der Waals surface area (Å²) in [5, 5.41) is 9.96.